The lowest BCUT2D eigenvalue weighted by molar-refractivity contribution is -0.119. The quantitative estimate of drug-likeness (QED) is 0.818. The Kier molecular flexibility index (Phi) is 4.63. The van der Waals surface area contributed by atoms with Crippen molar-refractivity contribution in [3.63, 3.8) is 0 Å². The fourth-order valence-corrected chi connectivity index (χ4v) is 2.95. The molecule has 2 atom stereocenters. The van der Waals surface area contributed by atoms with Crippen molar-refractivity contribution in [2.75, 3.05) is 5.75 Å². The van der Waals surface area contributed by atoms with Crippen molar-refractivity contribution >= 4 is 17.7 Å². The molecule has 1 aromatic heterocycles. The van der Waals surface area contributed by atoms with Gasteiger partial charge in [0.15, 0.2) is 0 Å². The SMILES string of the molecule is Cc1nc(SCC(=O)N[C@H]2CCCC[C@H]2C)n[nH]1. The molecule has 5 nitrogen and oxygen atoms in total. The zero-order valence-electron chi connectivity index (χ0n) is 10.9. The summed E-state index contributed by atoms with van der Waals surface area (Å²) in [5, 5.41) is 10.5. The van der Waals surface area contributed by atoms with E-state index in [1.54, 1.807) is 0 Å². The molecule has 1 heterocycles. The van der Waals surface area contributed by atoms with Crippen molar-refractivity contribution in [1.29, 1.82) is 0 Å². The molecule has 0 spiro atoms. The van der Waals surface area contributed by atoms with Gasteiger partial charge in [0, 0.05) is 6.04 Å². The molecule has 1 aliphatic rings. The van der Waals surface area contributed by atoms with Crippen molar-refractivity contribution < 1.29 is 4.79 Å². The lowest BCUT2D eigenvalue weighted by Gasteiger charge is -2.29. The fourth-order valence-electron chi connectivity index (χ4n) is 2.30. The number of amides is 1. The van der Waals surface area contributed by atoms with Crippen LogP contribution in [0.5, 0.6) is 0 Å². The highest BCUT2D eigenvalue weighted by molar-refractivity contribution is 7.99. The van der Waals surface area contributed by atoms with Crippen LogP contribution in [0.1, 0.15) is 38.4 Å². The summed E-state index contributed by atoms with van der Waals surface area (Å²) in [6, 6.07) is 0.348. The van der Waals surface area contributed by atoms with E-state index in [4.69, 9.17) is 0 Å². The molecule has 0 unspecified atom stereocenters. The first-order chi connectivity index (χ1) is 8.65. The Labute approximate surface area is 112 Å². The second-order valence-corrected chi connectivity index (χ2v) is 5.87. The lowest BCUT2D eigenvalue weighted by atomic mass is 9.86. The van der Waals surface area contributed by atoms with Crippen molar-refractivity contribution in [3.05, 3.63) is 5.82 Å². The Hall–Kier alpha value is -1.04. The van der Waals surface area contributed by atoms with E-state index in [0.29, 0.717) is 22.9 Å². The van der Waals surface area contributed by atoms with Gasteiger partial charge < -0.3 is 5.32 Å². The molecule has 100 valence electrons. The predicted octanol–water partition coefficient (Wildman–Crippen LogP) is 1.90. The molecule has 0 aromatic carbocycles. The summed E-state index contributed by atoms with van der Waals surface area (Å²) >= 11 is 1.37. The summed E-state index contributed by atoms with van der Waals surface area (Å²) < 4.78 is 0. The highest BCUT2D eigenvalue weighted by Crippen LogP contribution is 2.23. The second kappa shape index (κ2) is 6.22. The number of aromatic amines is 1. The Balaban J connectivity index is 1.74. The highest BCUT2D eigenvalue weighted by atomic mass is 32.2. The predicted molar refractivity (Wildman–Crippen MR) is 71.4 cm³/mol. The Morgan fingerprint density at radius 1 is 1.50 bits per heavy atom. The third kappa shape index (κ3) is 3.73. The van der Waals surface area contributed by atoms with Crippen LogP contribution in [-0.4, -0.2) is 32.9 Å². The summed E-state index contributed by atoms with van der Waals surface area (Å²) in [5.74, 6) is 1.85. The first kappa shape index (κ1) is 13.4. The van der Waals surface area contributed by atoms with Crippen LogP contribution in [0.4, 0.5) is 0 Å². The van der Waals surface area contributed by atoms with Crippen LogP contribution >= 0.6 is 11.8 Å². The molecule has 1 aliphatic carbocycles. The first-order valence-electron chi connectivity index (χ1n) is 6.46. The topological polar surface area (TPSA) is 70.7 Å². The Morgan fingerprint density at radius 2 is 2.28 bits per heavy atom. The van der Waals surface area contributed by atoms with Gasteiger partial charge in [0.25, 0.3) is 0 Å². The van der Waals surface area contributed by atoms with Gasteiger partial charge in [-0.15, -0.1) is 5.10 Å². The number of nitrogens with zero attached hydrogens (tertiary/aromatic N) is 2. The maximum atomic E-state index is 11.8. The van der Waals surface area contributed by atoms with Crippen LogP contribution in [0.25, 0.3) is 0 Å². The number of aryl methyl sites for hydroxylation is 1. The van der Waals surface area contributed by atoms with E-state index in [9.17, 15) is 4.79 Å². The molecule has 0 bridgehead atoms. The Bertz CT molecular complexity index is 407. The number of nitrogens with one attached hydrogen (secondary N) is 2. The maximum absolute atomic E-state index is 11.8. The molecule has 1 saturated carbocycles. The smallest absolute Gasteiger partial charge is 0.230 e. The average molecular weight is 268 g/mol. The lowest BCUT2D eigenvalue weighted by Crippen LogP contribution is -2.41. The fraction of sp³-hybridized carbons (Fsp3) is 0.750. The van der Waals surface area contributed by atoms with Gasteiger partial charge in [0.05, 0.1) is 5.75 Å². The number of rotatable bonds is 4. The van der Waals surface area contributed by atoms with E-state index < -0.39 is 0 Å². The van der Waals surface area contributed by atoms with Crippen LogP contribution in [0.3, 0.4) is 0 Å². The summed E-state index contributed by atoms with van der Waals surface area (Å²) in [4.78, 5) is 16.0. The van der Waals surface area contributed by atoms with Crippen LogP contribution < -0.4 is 5.32 Å². The minimum Gasteiger partial charge on any atom is -0.352 e. The number of H-pyrrole nitrogens is 1. The van der Waals surface area contributed by atoms with Crippen molar-refractivity contribution in [2.45, 2.75) is 50.7 Å². The molecule has 0 aliphatic heterocycles. The summed E-state index contributed by atoms with van der Waals surface area (Å²) in [6.07, 6.45) is 4.84. The maximum Gasteiger partial charge on any atom is 0.230 e. The molecule has 18 heavy (non-hydrogen) atoms. The van der Waals surface area contributed by atoms with E-state index in [1.165, 1.54) is 31.0 Å². The van der Waals surface area contributed by atoms with Gasteiger partial charge in [-0.25, -0.2) is 4.98 Å². The molecule has 1 aromatic rings. The summed E-state index contributed by atoms with van der Waals surface area (Å²) in [7, 11) is 0. The summed E-state index contributed by atoms with van der Waals surface area (Å²) in [6.45, 7) is 4.07. The van der Waals surface area contributed by atoms with Gasteiger partial charge in [0.2, 0.25) is 11.1 Å². The minimum absolute atomic E-state index is 0.0844. The van der Waals surface area contributed by atoms with Gasteiger partial charge in [-0.2, -0.15) is 0 Å². The molecular formula is C12H20N4OS. The highest BCUT2D eigenvalue weighted by Gasteiger charge is 2.22. The molecule has 2 N–H and O–H groups in total. The van der Waals surface area contributed by atoms with Gasteiger partial charge in [-0.1, -0.05) is 31.5 Å². The zero-order valence-corrected chi connectivity index (χ0v) is 11.7. The van der Waals surface area contributed by atoms with Gasteiger partial charge >= 0.3 is 0 Å². The average Bonchev–Trinajstić information content (AvgIpc) is 2.76. The van der Waals surface area contributed by atoms with E-state index >= 15 is 0 Å². The number of hydrogen-bond acceptors (Lipinski definition) is 4. The second-order valence-electron chi connectivity index (χ2n) is 4.93. The largest absolute Gasteiger partial charge is 0.352 e. The number of hydrogen-bond donors (Lipinski definition) is 2. The molecule has 1 fully saturated rings. The zero-order chi connectivity index (χ0) is 13.0. The van der Waals surface area contributed by atoms with Gasteiger partial charge in [0.1, 0.15) is 5.82 Å². The van der Waals surface area contributed by atoms with E-state index in [-0.39, 0.29) is 5.91 Å². The number of carbonyl (C=O) groups is 1. The number of carbonyl (C=O) groups excluding carboxylic acids is 1. The number of aromatic nitrogens is 3. The van der Waals surface area contributed by atoms with Crippen molar-refractivity contribution in [3.8, 4) is 0 Å². The molecule has 0 saturated heterocycles. The van der Waals surface area contributed by atoms with Crippen LogP contribution in [0.2, 0.25) is 0 Å². The van der Waals surface area contributed by atoms with Crippen LogP contribution in [0, 0.1) is 12.8 Å². The third-order valence-corrected chi connectivity index (χ3v) is 4.21. The Morgan fingerprint density at radius 3 is 2.94 bits per heavy atom. The van der Waals surface area contributed by atoms with Crippen molar-refractivity contribution in [1.82, 2.24) is 20.5 Å². The third-order valence-electron chi connectivity index (χ3n) is 3.37. The van der Waals surface area contributed by atoms with E-state index in [0.717, 1.165) is 12.2 Å². The monoisotopic (exact) mass is 268 g/mol. The van der Waals surface area contributed by atoms with Gasteiger partial charge in [-0.05, 0) is 25.7 Å². The van der Waals surface area contributed by atoms with E-state index in [2.05, 4.69) is 27.4 Å². The molecular weight excluding hydrogens is 248 g/mol. The van der Waals surface area contributed by atoms with Crippen molar-refractivity contribution in [2.24, 2.45) is 5.92 Å². The normalized spacial score (nSPS) is 23.9. The number of thioether (sulfide) groups is 1. The minimum atomic E-state index is 0.0844. The van der Waals surface area contributed by atoms with E-state index in [1.807, 2.05) is 6.92 Å². The standard InChI is InChI=1S/C12H20N4OS/c1-8-5-3-4-6-10(8)14-11(17)7-18-12-13-9(2)15-16-12/h8,10H,3-7H2,1-2H3,(H,14,17)(H,13,15,16)/t8-,10+/m1/s1. The summed E-state index contributed by atoms with van der Waals surface area (Å²) in [5.41, 5.74) is 0. The molecule has 1 amide bonds. The molecule has 2 rings (SSSR count). The molecule has 0 radical (unpaired) electrons. The van der Waals surface area contributed by atoms with Gasteiger partial charge in [-0.3, -0.25) is 9.89 Å². The van der Waals surface area contributed by atoms with Crippen LogP contribution in [0.15, 0.2) is 5.16 Å². The van der Waals surface area contributed by atoms with Crippen LogP contribution in [-0.2, 0) is 4.79 Å². The first-order valence-corrected chi connectivity index (χ1v) is 7.45. The molecule has 6 heteroatoms.